The molecule has 1 aromatic heterocycles. The molecule has 12 heavy (non-hydrogen) atoms. The lowest BCUT2D eigenvalue weighted by atomic mass is 10.2. The van der Waals surface area contributed by atoms with Crippen LogP contribution in [0.15, 0.2) is 22.6 Å². The Bertz CT molecular complexity index is 408. The number of oxazole rings is 1. The maximum Gasteiger partial charge on any atom is 0.310 e. The van der Waals surface area contributed by atoms with Gasteiger partial charge >= 0.3 is 6.01 Å². The number of fused-ring (bicyclic) bond motifs is 1. The Morgan fingerprint density at radius 1 is 1.50 bits per heavy atom. The third-order valence-electron chi connectivity index (χ3n) is 1.74. The van der Waals surface area contributed by atoms with E-state index in [1.54, 1.807) is 0 Å². The van der Waals surface area contributed by atoms with Gasteiger partial charge in [-0.1, -0.05) is 12.1 Å². The smallest absolute Gasteiger partial charge is 0.310 e. The summed E-state index contributed by atoms with van der Waals surface area (Å²) in [5, 5.41) is 0. The van der Waals surface area contributed by atoms with Crippen molar-refractivity contribution in [2.75, 3.05) is 5.43 Å². The zero-order chi connectivity index (χ0) is 8.55. The summed E-state index contributed by atoms with van der Waals surface area (Å²) in [4.78, 5) is 4.09. The molecule has 0 saturated carbocycles. The van der Waals surface area contributed by atoms with Crippen LogP contribution < -0.4 is 11.3 Å². The summed E-state index contributed by atoms with van der Waals surface area (Å²) >= 11 is 0. The summed E-state index contributed by atoms with van der Waals surface area (Å²) in [5.74, 6) is 5.16. The molecule has 4 heteroatoms. The first-order valence-electron chi connectivity index (χ1n) is 3.64. The Morgan fingerprint density at radius 2 is 2.33 bits per heavy atom. The van der Waals surface area contributed by atoms with Crippen LogP contribution in [-0.2, 0) is 0 Å². The van der Waals surface area contributed by atoms with E-state index in [4.69, 9.17) is 10.3 Å². The second-order valence-electron chi connectivity index (χ2n) is 2.59. The molecule has 1 heterocycles. The van der Waals surface area contributed by atoms with Crippen molar-refractivity contribution >= 4 is 17.1 Å². The zero-order valence-corrected chi connectivity index (χ0v) is 6.66. The number of benzene rings is 1. The number of nitrogens with one attached hydrogen (secondary N) is 1. The van der Waals surface area contributed by atoms with E-state index in [9.17, 15) is 0 Å². The molecule has 0 radical (unpaired) electrons. The molecular weight excluding hydrogens is 154 g/mol. The van der Waals surface area contributed by atoms with Crippen molar-refractivity contribution in [2.45, 2.75) is 6.92 Å². The number of hydrogen-bond acceptors (Lipinski definition) is 4. The molecule has 0 aliphatic rings. The van der Waals surface area contributed by atoms with Gasteiger partial charge in [0.2, 0.25) is 0 Å². The molecule has 0 spiro atoms. The van der Waals surface area contributed by atoms with Crippen LogP contribution in [0.1, 0.15) is 5.56 Å². The number of rotatable bonds is 1. The van der Waals surface area contributed by atoms with Gasteiger partial charge in [-0.05, 0) is 18.6 Å². The number of aromatic nitrogens is 1. The molecule has 2 rings (SSSR count). The highest BCUT2D eigenvalue weighted by Crippen LogP contribution is 2.20. The van der Waals surface area contributed by atoms with Crippen LogP contribution in [0.25, 0.3) is 11.1 Å². The first kappa shape index (κ1) is 7.12. The van der Waals surface area contributed by atoms with Gasteiger partial charge in [-0.3, -0.25) is 5.43 Å². The molecule has 2 aromatic rings. The summed E-state index contributed by atoms with van der Waals surface area (Å²) in [7, 11) is 0. The molecule has 0 fully saturated rings. The van der Waals surface area contributed by atoms with Gasteiger partial charge in [0.05, 0.1) is 0 Å². The van der Waals surface area contributed by atoms with Crippen LogP contribution >= 0.6 is 0 Å². The quantitative estimate of drug-likeness (QED) is 0.493. The molecular formula is C8H9N3O. The Labute approximate surface area is 69.4 Å². The lowest BCUT2D eigenvalue weighted by Gasteiger charge is -1.89. The van der Waals surface area contributed by atoms with Crippen LogP contribution in [0, 0.1) is 6.92 Å². The van der Waals surface area contributed by atoms with Crippen molar-refractivity contribution in [3.05, 3.63) is 23.8 Å². The van der Waals surface area contributed by atoms with Crippen molar-refractivity contribution in [1.82, 2.24) is 4.98 Å². The van der Waals surface area contributed by atoms with Crippen molar-refractivity contribution in [2.24, 2.45) is 5.84 Å². The number of nitrogen functional groups attached to an aromatic ring is 1. The lowest BCUT2D eigenvalue weighted by Crippen LogP contribution is -2.06. The van der Waals surface area contributed by atoms with Gasteiger partial charge in [0.15, 0.2) is 5.58 Å². The number of hydrazine groups is 1. The van der Waals surface area contributed by atoms with Gasteiger partial charge in [-0.15, -0.1) is 0 Å². The van der Waals surface area contributed by atoms with Gasteiger partial charge in [-0.2, -0.15) is 4.98 Å². The van der Waals surface area contributed by atoms with E-state index in [2.05, 4.69) is 10.4 Å². The highest BCUT2D eigenvalue weighted by molar-refractivity contribution is 5.77. The summed E-state index contributed by atoms with van der Waals surface area (Å²) in [6.45, 7) is 1.97. The van der Waals surface area contributed by atoms with Gasteiger partial charge in [0.25, 0.3) is 0 Å². The Balaban J connectivity index is 2.74. The fraction of sp³-hybridized carbons (Fsp3) is 0.125. The molecule has 1 aromatic carbocycles. The van der Waals surface area contributed by atoms with Crippen LogP contribution in [0.3, 0.4) is 0 Å². The Hall–Kier alpha value is -1.55. The number of nitrogens with two attached hydrogens (primary N) is 1. The van der Waals surface area contributed by atoms with Gasteiger partial charge in [0.1, 0.15) is 5.52 Å². The fourth-order valence-electron chi connectivity index (χ4n) is 1.15. The standard InChI is InChI=1S/C8H9N3O/c1-5-3-2-4-6-7(5)12-8(10-6)11-9/h2-4H,9H2,1H3,(H,10,11). The minimum absolute atomic E-state index is 0.347. The Kier molecular flexibility index (Phi) is 1.48. The summed E-state index contributed by atoms with van der Waals surface area (Å²) < 4.78 is 5.30. The highest BCUT2D eigenvalue weighted by Gasteiger charge is 2.04. The second-order valence-corrected chi connectivity index (χ2v) is 2.59. The first-order valence-corrected chi connectivity index (χ1v) is 3.64. The van der Waals surface area contributed by atoms with E-state index in [1.165, 1.54) is 0 Å². The van der Waals surface area contributed by atoms with Crippen molar-refractivity contribution < 1.29 is 4.42 Å². The topological polar surface area (TPSA) is 64.1 Å². The zero-order valence-electron chi connectivity index (χ0n) is 6.66. The van der Waals surface area contributed by atoms with Crippen LogP contribution in [0.2, 0.25) is 0 Å². The minimum atomic E-state index is 0.347. The van der Waals surface area contributed by atoms with Gasteiger partial charge < -0.3 is 4.42 Å². The largest absolute Gasteiger partial charge is 0.422 e. The number of hydrogen-bond donors (Lipinski definition) is 2. The molecule has 0 amide bonds. The highest BCUT2D eigenvalue weighted by atomic mass is 16.4. The molecule has 0 aliphatic carbocycles. The molecule has 0 atom stereocenters. The molecule has 62 valence electrons. The van der Waals surface area contributed by atoms with E-state index in [-0.39, 0.29) is 0 Å². The van der Waals surface area contributed by atoms with E-state index < -0.39 is 0 Å². The van der Waals surface area contributed by atoms with Crippen LogP contribution in [-0.4, -0.2) is 4.98 Å². The fourth-order valence-corrected chi connectivity index (χ4v) is 1.15. The van der Waals surface area contributed by atoms with Gasteiger partial charge in [0, 0.05) is 0 Å². The molecule has 3 N–H and O–H groups in total. The Morgan fingerprint density at radius 3 is 3.00 bits per heavy atom. The maximum absolute atomic E-state index is 5.30. The SMILES string of the molecule is Cc1cccc2nc(NN)oc12. The average molecular weight is 163 g/mol. The summed E-state index contributed by atoms with van der Waals surface area (Å²) in [5.41, 5.74) is 5.03. The maximum atomic E-state index is 5.30. The van der Waals surface area contributed by atoms with E-state index in [0.717, 1.165) is 16.7 Å². The van der Waals surface area contributed by atoms with E-state index in [1.807, 2.05) is 25.1 Å². The van der Waals surface area contributed by atoms with Crippen LogP contribution in [0.5, 0.6) is 0 Å². The normalized spacial score (nSPS) is 10.5. The van der Waals surface area contributed by atoms with E-state index in [0.29, 0.717) is 6.01 Å². The van der Waals surface area contributed by atoms with Crippen molar-refractivity contribution in [3.8, 4) is 0 Å². The third-order valence-corrected chi connectivity index (χ3v) is 1.74. The first-order chi connectivity index (χ1) is 5.81. The third kappa shape index (κ3) is 0.931. The monoisotopic (exact) mass is 163 g/mol. The number of anilines is 1. The predicted molar refractivity (Wildman–Crippen MR) is 46.6 cm³/mol. The number of nitrogens with zero attached hydrogens (tertiary/aromatic N) is 1. The minimum Gasteiger partial charge on any atom is -0.422 e. The van der Waals surface area contributed by atoms with Crippen molar-refractivity contribution in [3.63, 3.8) is 0 Å². The van der Waals surface area contributed by atoms with Crippen LogP contribution in [0.4, 0.5) is 6.01 Å². The lowest BCUT2D eigenvalue weighted by molar-refractivity contribution is 0.614. The van der Waals surface area contributed by atoms with E-state index >= 15 is 0 Å². The molecule has 0 bridgehead atoms. The molecule has 0 aliphatic heterocycles. The average Bonchev–Trinajstić information content (AvgIpc) is 2.49. The number of aryl methyl sites for hydroxylation is 1. The summed E-state index contributed by atoms with van der Waals surface area (Å²) in [6.07, 6.45) is 0. The van der Waals surface area contributed by atoms with Gasteiger partial charge in [-0.25, -0.2) is 5.84 Å². The summed E-state index contributed by atoms with van der Waals surface area (Å²) in [6, 6.07) is 6.13. The molecule has 4 nitrogen and oxygen atoms in total. The predicted octanol–water partition coefficient (Wildman–Crippen LogP) is 1.42. The molecule has 0 unspecified atom stereocenters. The second kappa shape index (κ2) is 2.49. The number of para-hydroxylation sites is 1. The van der Waals surface area contributed by atoms with Crippen molar-refractivity contribution in [1.29, 1.82) is 0 Å². The molecule has 0 saturated heterocycles.